The Morgan fingerprint density at radius 1 is 1.18 bits per heavy atom. The van der Waals surface area contributed by atoms with Gasteiger partial charge in [-0.25, -0.2) is 9.78 Å². The van der Waals surface area contributed by atoms with E-state index in [2.05, 4.69) is 4.98 Å². The molecule has 0 saturated heterocycles. The molecule has 1 aromatic heterocycles. The summed E-state index contributed by atoms with van der Waals surface area (Å²) < 4.78 is 45.2. The number of rotatable bonds is 6. The van der Waals surface area contributed by atoms with Crippen LogP contribution in [0.3, 0.4) is 0 Å². The molecule has 150 valence electrons. The van der Waals surface area contributed by atoms with Crippen LogP contribution in [0.15, 0.2) is 24.3 Å². The molecule has 0 aliphatic heterocycles. The quantitative estimate of drug-likeness (QED) is 0.677. The number of carbonyl (C=O) groups is 1. The molecule has 3 rings (SSSR count). The van der Waals surface area contributed by atoms with Crippen molar-refractivity contribution < 1.29 is 27.8 Å². The van der Waals surface area contributed by atoms with E-state index in [1.54, 1.807) is 0 Å². The van der Waals surface area contributed by atoms with Gasteiger partial charge in [-0.15, -0.1) is 0 Å². The standard InChI is InChI=1S/C21H22F3NO3/c1-12-10-13(2)17(14(3)11-12)28-18-16(19(26)27)5-4-15(25-18)6-7-20(8-9-20)21(22,23)24/h4-5,10-11H,6-9H2,1-3H3,(H,26,27). The molecule has 1 N–H and O–H groups in total. The average molecular weight is 393 g/mol. The number of hydrogen-bond acceptors (Lipinski definition) is 3. The van der Waals surface area contributed by atoms with Crippen molar-refractivity contribution in [2.75, 3.05) is 0 Å². The van der Waals surface area contributed by atoms with Crippen LogP contribution >= 0.6 is 0 Å². The highest BCUT2D eigenvalue weighted by molar-refractivity contribution is 5.90. The highest BCUT2D eigenvalue weighted by atomic mass is 19.4. The highest BCUT2D eigenvalue weighted by Gasteiger charge is 2.62. The Morgan fingerprint density at radius 3 is 2.29 bits per heavy atom. The lowest BCUT2D eigenvalue weighted by molar-refractivity contribution is -0.188. The fraction of sp³-hybridized carbons (Fsp3) is 0.429. The first kappa shape index (κ1) is 20.2. The van der Waals surface area contributed by atoms with Gasteiger partial charge >= 0.3 is 12.1 Å². The molecule has 2 aromatic rings. The van der Waals surface area contributed by atoms with Crippen molar-refractivity contribution in [3.63, 3.8) is 0 Å². The molecule has 7 heteroatoms. The lowest BCUT2D eigenvalue weighted by Crippen LogP contribution is -2.25. The van der Waals surface area contributed by atoms with Gasteiger partial charge in [0.1, 0.15) is 11.3 Å². The predicted molar refractivity (Wildman–Crippen MR) is 98.0 cm³/mol. The summed E-state index contributed by atoms with van der Waals surface area (Å²) in [5.41, 5.74) is 1.35. The zero-order valence-electron chi connectivity index (χ0n) is 16.0. The van der Waals surface area contributed by atoms with Crippen molar-refractivity contribution in [1.82, 2.24) is 4.98 Å². The zero-order valence-corrected chi connectivity index (χ0v) is 16.0. The molecule has 0 amide bonds. The SMILES string of the molecule is Cc1cc(C)c(Oc2nc(CCC3(C(F)(F)F)CC3)ccc2C(=O)O)c(C)c1. The van der Waals surface area contributed by atoms with E-state index in [9.17, 15) is 23.1 Å². The summed E-state index contributed by atoms with van der Waals surface area (Å²) in [6.07, 6.45) is -3.90. The van der Waals surface area contributed by atoms with Crippen LogP contribution in [-0.2, 0) is 6.42 Å². The average Bonchev–Trinajstić information content (AvgIpc) is 3.37. The number of aromatic nitrogens is 1. The topological polar surface area (TPSA) is 59.4 Å². The minimum absolute atomic E-state index is 0.0576. The van der Waals surface area contributed by atoms with E-state index < -0.39 is 17.6 Å². The molecular formula is C21H22F3NO3. The number of carboxylic acids is 1. The van der Waals surface area contributed by atoms with Crippen molar-refractivity contribution in [1.29, 1.82) is 0 Å². The van der Waals surface area contributed by atoms with Gasteiger partial charge in [0.2, 0.25) is 5.88 Å². The number of alkyl halides is 3. The Hall–Kier alpha value is -2.57. The summed E-state index contributed by atoms with van der Waals surface area (Å²) in [7, 11) is 0. The molecule has 1 aliphatic carbocycles. The zero-order chi connectivity index (χ0) is 20.7. The fourth-order valence-corrected chi connectivity index (χ4v) is 3.48. The maximum absolute atomic E-state index is 13.1. The molecule has 0 atom stereocenters. The molecule has 0 spiro atoms. The van der Waals surface area contributed by atoms with Gasteiger partial charge in [-0.3, -0.25) is 0 Å². The molecule has 1 aliphatic rings. The summed E-state index contributed by atoms with van der Waals surface area (Å²) in [4.78, 5) is 15.8. The Morgan fingerprint density at radius 2 is 1.79 bits per heavy atom. The molecule has 1 fully saturated rings. The smallest absolute Gasteiger partial charge is 0.394 e. The van der Waals surface area contributed by atoms with Crippen LogP contribution in [-0.4, -0.2) is 22.2 Å². The molecule has 1 heterocycles. The van der Waals surface area contributed by atoms with Gasteiger partial charge in [0, 0.05) is 5.69 Å². The Labute approximate surface area is 161 Å². The number of halogens is 3. The summed E-state index contributed by atoms with van der Waals surface area (Å²) >= 11 is 0. The van der Waals surface area contributed by atoms with E-state index in [0.29, 0.717) is 11.4 Å². The monoisotopic (exact) mass is 393 g/mol. The maximum atomic E-state index is 13.1. The van der Waals surface area contributed by atoms with Crippen LogP contribution in [0.25, 0.3) is 0 Å². The number of nitrogens with zero attached hydrogens (tertiary/aromatic N) is 1. The number of ether oxygens (including phenoxy) is 1. The summed E-state index contributed by atoms with van der Waals surface area (Å²) in [5.74, 6) is -0.797. The van der Waals surface area contributed by atoms with Crippen molar-refractivity contribution in [2.45, 2.75) is 52.6 Å². The van der Waals surface area contributed by atoms with Crippen molar-refractivity contribution in [2.24, 2.45) is 5.41 Å². The molecular weight excluding hydrogens is 371 g/mol. The maximum Gasteiger partial charge on any atom is 0.394 e. The third kappa shape index (κ3) is 3.98. The third-order valence-electron chi connectivity index (χ3n) is 5.27. The molecule has 1 saturated carbocycles. The Bertz CT molecular complexity index is 895. The number of carboxylic acid groups (broad SMARTS) is 1. The number of pyridine rings is 1. The molecule has 28 heavy (non-hydrogen) atoms. The van der Waals surface area contributed by atoms with Crippen LogP contribution in [0.2, 0.25) is 0 Å². The van der Waals surface area contributed by atoms with Crippen molar-refractivity contribution >= 4 is 5.97 Å². The van der Waals surface area contributed by atoms with E-state index in [1.165, 1.54) is 12.1 Å². The first-order chi connectivity index (χ1) is 13.0. The lowest BCUT2D eigenvalue weighted by Gasteiger charge is -2.19. The van der Waals surface area contributed by atoms with Crippen LogP contribution in [0.5, 0.6) is 11.6 Å². The van der Waals surface area contributed by atoms with Gasteiger partial charge < -0.3 is 9.84 Å². The van der Waals surface area contributed by atoms with Gasteiger partial charge in [0.25, 0.3) is 0 Å². The summed E-state index contributed by atoms with van der Waals surface area (Å²) in [5, 5.41) is 9.42. The fourth-order valence-electron chi connectivity index (χ4n) is 3.48. The second-order valence-corrected chi connectivity index (χ2v) is 7.57. The predicted octanol–water partition coefficient (Wildman–Crippen LogP) is 5.77. The summed E-state index contributed by atoms with van der Waals surface area (Å²) in [6.45, 7) is 5.64. The highest BCUT2D eigenvalue weighted by Crippen LogP contribution is 2.60. The van der Waals surface area contributed by atoms with Gasteiger partial charge in [-0.1, -0.05) is 17.7 Å². The van der Waals surface area contributed by atoms with Gasteiger partial charge in [0.05, 0.1) is 5.41 Å². The second-order valence-electron chi connectivity index (χ2n) is 7.57. The van der Waals surface area contributed by atoms with Gasteiger partial charge in [-0.05, 0) is 69.7 Å². The van der Waals surface area contributed by atoms with Crippen molar-refractivity contribution in [3.8, 4) is 11.6 Å². The second kappa shape index (κ2) is 7.11. The summed E-state index contributed by atoms with van der Waals surface area (Å²) in [6, 6.07) is 6.61. The number of hydrogen-bond donors (Lipinski definition) is 1. The van der Waals surface area contributed by atoms with E-state index in [4.69, 9.17) is 4.74 Å². The number of aromatic carboxylic acids is 1. The minimum Gasteiger partial charge on any atom is -0.477 e. The Kier molecular flexibility index (Phi) is 5.12. The van der Waals surface area contributed by atoms with E-state index in [0.717, 1.165) is 16.7 Å². The Balaban J connectivity index is 1.88. The van der Waals surface area contributed by atoms with Gasteiger partial charge in [-0.2, -0.15) is 13.2 Å². The molecule has 1 aromatic carbocycles. The largest absolute Gasteiger partial charge is 0.477 e. The van der Waals surface area contributed by atoms with Crippen molar-refractivity contribution in [3.05, 3.63) is 52.2 Å². The van der Waals surface area contributed by atoms with E-state index >= 15 is 0 Å². The molecule has 0 unspecified atom stereocenters. The number of aryl methyl sites for hydroxylation is 4. The normalized spacial score (nSPS) is 15.4. The third-order valence-corrected chi connectivity index (χ3v) is 5.27. The first-order valence-electron chi connectivity index (χ1n) is 9.08. The molecule has 0 bridgehead atoms. The van der Waals surface area contributed by atoms with Crippen LogP contribution in [0.4, 0.5) is 13.2 Å². The first-order valence-corrected chi connectivity index (χ1v) is 9.08. The van der Waals surface area contributed by atoms with Gasteiger partial charge in [0.15, 0.2) is 0 Å². The van der Waals surface area contributed by atoms with Crippen LogP contribution < -0.4 is 4.74 Å². The van der Waals surface area contributed by atoms with Crippen LogP contribution in [0, 0.1) is 26.2 Å². The van der Waals surface area contributed by atoms with Crippen LogP contribution in [0.1, 0.15) is 52.0 Å². The van der Waals surface area contributed by atoms with E-state index in [-0.39, 0.29) is 37.1 Å². The minimum atomic E-state index is -4.22. The lowest BCUT2D eigenvalue weighted by atomic mass is 9.98. The molecule has 0 radical (unpaired) electrons. The van der Waals surface area contributed by atoms with E-state index in [1.807, 2.05) is 32.9 Å². The number of benzene rings is 1. The molecule has 4 nitrogen and oxygen atoms in total.